The van der Waals surface area contributed by atoms with Crippen molar-refractivity contribution >= 4 is 40.4 Å². The van der Waals surface area contributed by atoms with Crippen molar-refractivity contribution in [3.8, 4) is 6.07 Å². The number of pyridine rings is 1. The number of aromatic nitrogens is 2. The number of anilines is 3. The summed E-state index contributed by atoms with van der Waals surface area (Å²) in [5.74, 6) is 0.718. The van der Waals surface area contributed by atoms with Gasteiger partial charge in [-0.2, -0.15) is 5.26 Å². The molecule has 0 aliphatic carbocycles. The number of aliphatic imine (C=N–C) groups is 2. The molecule has 1 aliphatic heterocycles. The minimum atomic E-state index is 0.252. The van der Waals surface area contributed by atoms with Crippen LogP contribution in [0.2, 0.25) is 0 Å². The van der Waals surface area contributed by atoms with Gasteiger partial charge in [0, 0.05) is 46.0 Å². The lowest BCUT2D eigenvalue weighted by molar-refractivity contribution is 0.250. The summed E-state index contributed by atoms with van der Waals surface area (Å²) in [6.07, 6.45) is 3.32. The van der Waals surface area contributed by atoms with Crippen LogP contribution in [0.15, 0.2) is 70.4 Å². The molecule has 0 unspecified atom stereocenters. The summed E-state index contributed by atoms with van der Waals surface area (Å²) in [5, 5.41) is 16.7. The molecule has 1 aromatic carbocycles. The maximum Gasteiger partial charge on any atom is 0.183 e. The van der Waals surface area contributed by atoms with E-state index in [4.69, 9.17) is 0 Å². The number of nitriles is 1. The van der Waals surface area contributed by atoms with Gasteiger partial charge in [0.25, 0.3) is 0 Å². The molecule has 0 bridgehead atoms. The minimum Gasteiger partial charge on any atom is -0.368 e. The molecule has 1 fully saturated rings. The van der Waals surface area contributed by atoms with Crippen LogP contribution < -0.4 is 15.5 Å². The summed E-state index contributed by atoms with van der Waals surface area (Å²) in [7, 11) is 1.81. The van der Waals surface area contributed by atoms with E-state index in [0.29, 0.717) is 11.3 Å². The SMILES string of the molecule is C=N/C=C(/C#N)C(=NCNc1ccc(N2CCN(Cc3ccccc3)CC2)cn1)c1sc(NC)nc1C. The Morgan fingerprint density at radius 2 is 1.97 bits per heavy atom. The number of hydrogen-bond acceptors (Lipinski definition) is 10. The lowest BCUT2D eigenvalue weighted by Crippen LogP contribution is -2.46. The molecule has 1 saturated heterocycles. The van der Waals surface area contributed by atoms with Gasteiger partial charge in [0.1, 0.15) is 18.6 Å². The van der Waals surface area contributed by atoms with E-state index in [1.807, 2.05) is 26.2 Å². The second-order valence-electron chi connectivity index (χ2n) is 8.51. The Labute approximate surface area is 221 Å². The third-order valence-electron chi connectivity index (χ3n) is 6.05. The predicted molar refractivity (Wildman–Crippen MR) is 153 cm³/mol. The van der Waals surface area contributed by atoms with Crippen molar-refractivity contribution in [2.24, 2.45) is 9.98 Å². The molecule has 3 aromatic rings. The average Bonchev–Trinajstić information content (AvgIpc) is 3.32. The Balaban J connectivity index is 1.36. The van der Waals surface area contributed by atoms with E-state index in [1.165, 1.54) is 23.1 Å². The van der Waals surface area contributed by atoms with Crippen molar-refractivity contribution in [1.82, 2.24) is 14.9 Å². The van der Waals surface area contributed by atoms with Crippen molar-refractivity contribution in [1.29, 1.82) is 5.26 Å². The normalized spacial score (nSPS) is 14.8. The van der Waals surface area contributed by atoms with Gasteiger partial charge in [-0.25, -0.2) is 9.97 Å². The first-order valence-corrected chi connectivity index (χ1v) is 12.9. The zero-order valence-corrected chi connectivity index (χ0v) is 22.0. The van der Waals surface area contributed by atoms with Gasteiger partial charge in [-0.3, -0.25) is 14.9 Å². The fourth-order valence-corrected chi connectivity index (χ4v) is 5.06. The summed E-state index contributed by atoms with van der Waals surface area (Å²) in [6.45, 7) is 10.6. The molecule has 4 rings (SSSR count). The van der Waals surface area contributed by atoms with Crippen molar-refractivity contribution in [3.05, 3.63) is 76.6 Å². The maximum absolute atomic E-state index is 9.65. The quantitative estimate of drug-likeness (QED) is 0.310. The van der Waals surface area contributed by atoms with E-state index >= 15 is 0 Å². The molecule has 0 amide bonds. The third kappa shape index (κ3) is 6.78. The molecule has 1 aliphatic rings. The molecule has 0 spiro atoms. The predicted octanol–water partition coefficient (Wildman–Crippen LogP) is 4.18. The Bertz CT molecular complexity index is 1280. The van der Waals surface area contributed by atoms with E-state index in [2.05, 4.69) is 89.6 Å². The average molecular weight is 514 g/mol. The third-order valence-corrected chi connectivity index (χ3v) is 7.23. The maximum atomic E-state index is 9.65. The molecular weight excluding hydrogens is 482 g/mol. The molecule has 10 heteroatoms. The first kappa shape index (κ1) is 26.0. The lowest BCUT2D eigenvalue weighted by atomic mass is 10.1. The summed E-state index contributed by atoms with van der Waals surface area (Å²) < 4.78 is 0. The topological polar surface area (TPSA) is 105 Å². The fourth-order valence-electron chi connectivity index (χ4n) is 4.12. The number of allylic oxidation sites excluding steroid dienone is 1. The molecule has 190 valence electrons. The number of aryl methyl sites for hydroxylation is 1. The van der Waals surface area contributed by atoms with Crippen LogP contribution in [0.4, 0.5) is 16.6 Å². The Kier molecular flexibility index (Phi) is 8.97. The number of benzene rings is 1. The molecule has 0 saturated carbocycles. The molecule has 2 N–H and O–H groups in total. The van der Waals surface area contributed by atoms with Gasteiger partial charge < -0.3 is 15.5 Å². The van der Waals surface area contributed by atoms with Crippen molar-refractivity contribution in [2.45, 2.75) is 13.5 Å². The minimum absolute atomic E-state index is 0.252. The highest BCUT2D eigenvalue weighted by molar-refractivity contribution is 7.17. The van der Waals surface area contributed by atoms with Gasteiger partial charge in [-0.1, -0.05) is 41.7 Å². The zero-order valence-electron chi connectivity index (χ0n) is 21.2. The molecule has 37 heavy (non-hydrogen) atoms. The standard InChI is InChI=1S/C27H31N9S/c1-20-26(37-27(30-3)34-20)25(22(15-28)16-29-2)33-19-32-24-10-9-23(17-31-24)36-13-11-35(12-14-36)18-21-7-5-4-6-8-21/h4-10,16-17H,2,11-14,18-19H2,1,3H3,(H,30,34)(H,31,32)/b22-16-,33-25?. The molecular formula is C27H31N9S. The zero-order chi connectivity index (χ0) is 26.0. The monoisotopic (exact) mass is 513 g/mol. The Hall–Kier alpha value is -4.07. The number of nitrogens with one attached hydrogen (secondary N) is 2. The molecule has 2 aromatic heterocycles. The lowest BCUT2D eigenvalue weighted by Gasteiger charge is -2.36. The van der Waals surface area contributed by atoms with Gasteiger partial charge in [0.05, 0.1) is 33.7 Å². The molecule has 9 nitrogen and oxygen atoms in total. The number of rotatable bonds is 10. The first-order chi connectivity index (χ1) is 18.1. The van der Waals surface area contributed by atoms with Gasteiger partial charge in [0.15, 0.2) is 5.13 Å². The van der Waals surface area contributed by atoms with Crippen LogP contribution in [0.3, 0.4) is 0 Å². The van der Waals surface area contributed by atoms with Crippen molar-refractivity contribution in [3.63, 3.8) is 0 Å². The van der Waals surface area contributed by atoms with E-state index < -0.39 is 0 Å². The smallest absolute Gasteiger partial charge is 0.183 e. The Morgan fingerprint density at radius 1 is 1.19 bits per heavy atom. The second kappa shape index (κ2) is 12.8. The van der Waals surface area contributed by atoms with Crippen LogP contribution >= 0.6 is 11.3 Å². The van der Waals surface area contributed by atoms with Crippen molar-refractivity contribution < 1.29 is 0 Å². The van der Waals surface area contributed by atoms with Crippen molar-refractivity contribution in [2.75, 3.05) is 55.4 Å². The van der Waals surface area contributed by atoms with Crippen LogP contribution in [0.5, 0.6) is 0 Å². The van der Waals surface area contributed by atoms with E-state index in [-0.39, 0.29) is 6.67 Å². The molecule has 3 heterocycles. The summed E-state index contributed by atoms with van der Waals surface area (Å²) in [6, 6.07) is 16.8. The van der Waals surface area contributed by atoms with E-state index in [9.17, 15) is 5.26 Å². The number of hydrogen-bond donors (Lipinski definition) is 2. The van der Waals surface area contributed by atoms with Gasteiger partial charge in [0.2, 0.25) is 0 Å². The van der Waals surface area contributed by atoms with E-state index in [1.54, 1.807) is 0 Å². The van der Waals surface area contributed by atoms with Crippen LogP contribution in [0, 0.1) is 18.3 Å². The summed E-state index contributed by atoms with van der Waals surface area (Å²) in [4.78, 5) is 23.2. The van der Waals surface area contributed by atoms with Crippen LogP contribution in [0.1, 0.15) is 16.1 Å². The summed E-state index contributed by atoms with van der Waals surface area (Å²) >= 11 is 1.44. The highest BCUT2D eigenvalue weighted by Gasteiger charge is 2.19. The number of thiazole rings is 1. The number of piperazine rings is 1. The van der Waals surface area contributed by atoms with Crippen LogP contribution in [-0.2, 0) is 6.54 Å². The van der Waals surface area contributed by atoms with Crippen LogP contribution in [0.25, 0.3) is 0 Å². The van der Waals surface area contributed by atoms with Gasteiger partial charge >= 0.3 is 0 Å². The first-order valence-electron chi connectivity index (χ1n) is 12.1. The van der Waals surface area contributed by atoms with Gasteiger partial charge in [-0.15, -0.1) is 0 Å². The molecule has 0 atom stereocenters. The highest BCUT2D eigenvalue weighted by atomic mass is 32.1. The number of nitrogens with zero attached hydrogens (tertiary/aromatic N) is 7. The van der Waals surface area contributed by atoms with Gasteiger partial charge in [-0.05, 0) is 31.3 Å². The second-order valence-corrected chi connectivity index (χ2v) is 9.51. The van der Waals surface area contributed by atoms with Crippen LogP contribution in [-0.4, -0.2) is 67.2 Å². The van der Waals surface area contributed by atoms with E-state index in [0.717, 1.165) is 59.9 Å². The fraction of sp³-hybridized carbons (Fsp3) is 0.296. The summed E-state index contributed by atoms with van der Waals surface area (Å²) in [5.41, 5.74) is 4.13. The highest BCUT2D eigenvalue weighted by Crippen LogP contribution is 2.25. The molecule has 0 radical (unpaired) electrons. The largest absolute Gasteiger partial charge is 0.368 e. The Morgan fingerprint density at radius 3 is 2.59 bits per heavy atom.